The fourth-order valence-corrected chi connectivity index (χ4v) is 0.753. The molecule has 1 rings (SSSR count). The number of primary amides is 1. The maximum Gasteiger partial charge on any atom is 0.291 e. The lowest BCUT2D eigenvalue weighted by Gasteiger charge is -2.06. The highest BCUT2D eigenvalue weighted by Crippen LogP contribution is 2.00. The molecule has 1 heterocycles. The molecule has 0 saturated carbocycles. The van der Waals surface area contributed by atoms with Gasteiger partial charge >= 0.3 is 0 Å². The van der Waals surface area contributed by atoms with Crippen LogP contribution >= 0.6 is 0 Å². The highest BCUT2D eigenvalue weighted by molar-refractivity contribution is 6.41. The summed E-state index contributed by atoms with van der Waals surface area (Å²) in [6, 6.07) is 0. The molecule has 4 nitrogen and oxygen atoms in total. The second-order valence-corrected chi connectivity index (χ2v) is 2.09. The van der Waals surface area contributed by atoms with Crippen molar-refractivity contribution >= 4 is 11.7 Å². The van der Waals surface area contributed by atoms with E-state index in [1.807, 2.05) is 6.08 Å². The number of carbonyl (C=O) groups is 2. The summed E-state index contributed by atoms with van der Waals surface area (Å²) in [4.78, 5) is 21.2. The van der Waals surface area contributed by atoms with Gasteiger partial charge in [0.05, 0.1) is 5.70 Å². The molecule has 0 unspecified atom stereocenters. The summed E-state index contributed by atoms with van der Waals surface area (Å²) in [5, 5.41) is 2.63. The van der Waals surface area contributed by atoms with Gasteiger partial charge in [-0.1, -0.05) is 12.2 Å². The van der Waals surface area contributed by atoms with Crippen LogP contribution in [0.1, 0.15) is 6.42 Å². The lowest BCUT2D eigenvalue weighted by atomic mass is 10.2. The molecule has 0 bridgehead atoms. The molecule has 1 amide bonds. The third-order valence-corrected chi connectivity index (χ3v) is 1.28. The van der Waals surface area contributed by atoms with E-state index in [1.165, 1.54) is 0 Å². The molecule has 3 N–H and O–H groups in total. The summed E-state index contributed by atoms with van der Waals surface area (Å²) in [7, 11) is 0. The molecule has 0 radical (unpaired) electrons. The Morgan fingerprint density at radius 2 is 2.27 bits per heavy atom. The first-order valence-electron chi connectivity index (χ1n) is 3.17. The molecule has 1 aliphatic heterocycles. The fraction of sp³-hybridized carbons (Fsp3) is 0.143. The fourth-order valence-electron chi connectivity index (χ4n) is 0.753. The largest absolute Gasteiger partial charge is 0.363 e. The van der Waals surface area contributed by atoms with Crippen LogP contribution in [0.4, 0.5) is 0 Å². The Kier molecular flexibility index (Phi) is 2.06. The standard InChI is InChI=1S/C7H8N2O2/c8-7(11)6(10)5-3-1-2-4-9-5/h2-4,9H,1H2,(H2,8,11). The van der Waals surface area contributed by atoms with Crippen LogP contribution in [0.3, 0.4) is 0 Å². The summed E-state index contributed by atoms with van der Waals surface area (Å²) in [5.41, 5.74) is 5.04. The van der Waals surface area contributed by atoms with Crippen molar-refractivity contribution in [3.8, 4) is 0 Å². The van der Waals surface area contributed by atoms with E-state index in [1.54, 1.807) is 12.3 Å². The zero-order chi connectivity index (χ0) is 8.27. The number of dihydropyridines is 1. The van der Waals surface area contributed by atoms with Crippen molar-refractivity contribution in [1.82, 2.24) is 5.32 Å². The topological polar surface area (TPSA) is 72.2 Å². The van der Waals surface area contributed by atoms with E-state index in [4.69, 9.17) is 5.73 Å². The van der Waals surface area contributed by atoms with Gasteiger partial charge in [-0.3, -0.25) is 9.59 Å². The molecule has 0 fully saturated rings. The first kappa shape index (κ1) is 7.53. The quantitative estimate of drug-likeness (QED) is 0.520. The van der Waals surface area contributed by atoms with Crippen molar-refractivity contribution < 1.29 is 9.59 Å². The Morgan fingerprint density at radius 3 is 2.73 bits per heavy atom. The number of hydrogen-bond donors (Lipinski definition) is 2. The molecule has 4 heteroatoms. The molecule has 0 spiro atoms. The van der Waals surface area contributed by atoms with E-state index in [-0.39, 0.29) is 5.70 Å². The van der Waals surface area contributed by atoms with Crippen molar-refractivity contribution in [3.05, 3.63) is 24.0 Å². The number of ketones is 1. The minimum absolute atomic E-state index is 0.264. The average Bonchev–Trinajstić information content (AvgIpc) is 2.05. The Morgan fingerprint density at radius 1 is 1.55 bits per heavy atom. The zero-order valence-electron chi connectivity index (χ0n) is 5.83. The van der Waals surface area contributed by atoms with Gasteiger partial charge in [0.25, 0.3) is 11.7 Å². The highest BCUT2D eigenvalue weighted by Gasteiger charge is 2.14. The van der Waals surface area contributed by atoms with Gasteiger partial charge in [-0.05, 0) is 12.6 Å². The average molecular weight is 152 g/mol. The molecule has 0 aromatic carbocycles. The molecule has 0 saturated heterocycles. The van der Waals surface area contributed by atoms with Crippen molar-refractivity contribution in [2.45, 2.75) is 6.42 Å². The number of allylic oxidation sites excluding steroid dienone is 2. The van der Waals surface area contributed by atoms with E-state index in [9.17, 15) is 9.59 Å². The Labute approximate surface area is 63.8 Å². The van der Waals surface area contributed by atoms with Gasteiger partial charge in [0, 0.05) is 0 Å². The zero-order valence-corrected chi connectivity index (χ0v) is 5.83. The van der Waals surface area contributed by atoms with Crippen LogP contribution in [0.5, 0.6) is 0 Å². The van der Waals surface area contributed by atoms with Gasteiger partial charge in [-0.15, -0.1) is 0 Å². The number of carbonyl (C=O) groups excluding carboxylic acids is 2. The van der Waals surface area contributed by atoms with Gasteiger partial charge in [0.1, 0.15) is 0 Å². The summed E-state index contributed by atoms with van der Waals surface area (Å²) < 4.78 is 0. The lowest BCUT2D eigenvalue weighted by molar-refractivity contribution is -0.133. The normalized spacial score (nSPS) is 15.1. The van der Waals surface area contributed by atoms with Crippen LogP contribution in [-0.2, 0) is 9.59 Å². The second kappa shape index (κ2) is 3.01. The SMILES string of the molecule is NC(=O)C(=O)C1=CCC=CN1. The molecular formula is C7H8N2O2. The highest BCUT2D eigenvalue weighted by atomic mass is 16.2. The molecule has 0 atom stereocenters. The van der Waals surface area contributed by atoms with Crippen LogP contribution in [0, 0.1) is 0 Å². The minimum Gasteiger partial charge on any atom is -0.363 e. The molecule has 0 aliphatic carbocycles. The van der Waals surface area contributed by atoms with Crippen LogP contribution in [0.15, 0.2) is 24.0 Å². The summed E-state index contributed by atoms with van der Waals surface area (Å²) in [6.07, 6.45) is 5.71. The van der Waals surface area contributed by atoms with Crippen LogP contribution < -0.4 is 11.1 Å². The van der Waals surface area contributed by atoms with E-state index in [0.29, 0.717) is 6.42 Å². The number of nitrogens with two attached hydrogens (primary N) is 1. The molecule has 58 valence electrons. The van der Waals surface area contributed by atoms with Crippen molar-refractivity contribution in [2.75, 3.05) is 0 Å². The van der Waals surface area contributed by atoms with Crippen molar-refractivity contribution in [2.24, 2.45) is 5.73 Å². The molecular weight excluding hydrogens is 144 g/mol. The summed E-state index contributed by atoms with van der Waals surface area (Å²) >= 11 is 0. The molecule has 1 aliphatic rings. The predicted molar refractivity (Wildman–Crippen MR) is 39.2 cm³/mol. The Balaban J connectivity index is 2.68. The van der Waals surface area contributed by atoms with E-state index in [2.05, 4.69) is 5.32 Å². The van der Waals surface area contributed by atoms with Crippen molar-refractivity contribution in [1.29, 1.82) is 0 Å². The number of amides is 1. The summed E-state index contributed by atoms with van der Waals surface area (Å²) in [6.45, 7) is 0. The van der Waals surface area contributed by atoms with Crippen LogP contribution in [0.2, 0.25) is 0 Å². The van der Waals surface area contributed by atoms with Crippen molar-refractivity contribution in [3.63, 3.8) is 0 Å². The van der Waals surface area contributed by atoms with E-state index >= 15 is 0 Å². The third kappa shape index (κ3) is 1.67. The smallest absolute Gasteiger partial charge is 0.291 e. The monoisotopic (exact) mass is 152 g/mol. The lowest BCUT2D eigenvalue weighted by Crippen LogP contribution is -2.30. The minimum atomic E-state index is -0.931. The first-order chi connectivity index (χ1) is 5.22. The van der Waals surface area contributed by atoms with E-state index in [0.717, 1.165) is 0 Å². The number of Topliss-reactive ketones (excluding diaryl/α,β-unsaturated/α-hetero) is 1. The molecule has 0 aromatic heterocycles. The molecule has 0 aromatic rings. The van der Waals surface area contributed by atoms with Gasteiger partial charge in [0.15, 0.2) is 0 Å². The van der Waals surface area contributed by atoms with E-state index < -0.39 is 11.7 Å². The van der Waals surface area contributed by atoms with Crippen LogP contribution in [-0.4, -0.2) is 11.7 Å². The predicted octanol–water partition coefficient (Wildman–Crippen LogP) is -0.568. The molecule has 11 heavy (non-hydrogen) atoms. The maximum absolute atomic E-state index is 10.9. The number of nitrogens with one attached hydrogen (secondary N) is 1. The number of rotatable bonds is 2. The van der Waals surface area contributed by atoms with Gasteiger partial charge in [0.2, 0.25) is 0 Å². The summed E-state index contributed by atoms with van der Waals surface area (Å²) in [5.74, 6) is -1.60. The Bertz CT molecular complexity index is 253. The van der Waals surface area contributed by atoms with Gasteiger partial charge < -0.3 is 11.1 Å². The van der Waals surface area contributed by atoms with Crippen LogP contribution in [0.25, 0.3) is 0 Å². The Hall–Kier alpha value is -1.58. The van der Waals surface area contributed by atoms with Gasteiger partial charge in [-0.25, -0.2) is 0 Å². The first-order valence-corrected chi connectivity index (χ1v) is 3.17. The number of hydrogen-bond acceptors (Lipinski definition) is 3. The van der Waals surface area contributed by atoms with Gasteiger partial charge in [-0.2, -0.15) is 0 Å². The second-order valence-electron chi connectivity index (χ2n) is 2.09. The third-order valence-electron chi connectivity index (χ3n) is 1.28. The maximum atomic E-state index is 10.9.